The standard InChI is InChI=1S/C8H10O8.2H2O/c9-5(10)1-3(7(13)14)4(8(15)16)2-6(11)12;;/h3-4H,1-2H2,(H,9,10)(H,11,12)(H,13,14)(H,15,16);2*1H2/t3-,4+;;. The van der Waals surface area contributed by atoms with Gasteiger partial charge in [0.25, 0.3) is 0 Å². The molecule has 0 radical (unpaired) electrons. The van der Waals surface area contributed by atoms with E-state index in [4.69, 9.17) is 20.4 Å². The van der Waals surface area contributed by atoms with Crippen LogP contribution in [-0.4, -0.2) is 55.3 Å². The van der Waals surface area contributed by atoms with Gasteiger partial charge >= 0.3 is 23.9 Å². The van der Waals surface area contributed by atoms with Gasteiger partial charge in [-0.3, -0.25) is 19.2 Å². The van der Waals surface area contributed by atoms with Crippen molar-refractivity contribution < 1.29 is 50.6 Å². The molecule has 18 heavy (non-hydrogen) atoms. The molecule has 0 saturated heterocycles. The topological polar surface area (TPSA) is 212 Å². The van der Waals surface area contributed by atoms with Gasteiger partial charge in [0.1, 0.15) is 0 Å². The predicted octanol–water partition coefficient (Wildman–Crippen LogP) is -2.31. The van der Waals surface area contributed by atoms with Crippen molar-refractivity contribution in [3.63, 3.8) is 0 Å². The van der Waals surface area contributed by atoms with Gasteiger partial charge in [0, 0.05) is 0 Å². The minimum Gasteiger partial charge on any atom is -0.481 e. The number of carboxylic acids is 4. The van der Waals surface area contributed by atoms with Crippen LogP contribution < -0.4 is 0 Å². The van der Waals surface area contributed by atoms with Crippen molar-refractivity contribution in [1.82, 2.24) is 0 Å². The number of hydrogen-bond donors (Lipinski definition) is 4. The minimum atomic E-state index is -1.76. The first-order valence-corrected chi connectivity index (χ1v) is 4.15. The molecule has 10 nitrogen and oxygen atoms in total. The Morgan fingerprint density at radius 1 is 0.667 bits per heavy atom. The highest BCUT2D eigenvalue weighted by molar-refractivity contribution is 5.86. The van der Waals surface area contributed by atoms with E-state index in [0.717, 1.165) is 0 Å². The van der Waals surface area contributed by atoms with E-state index in [1.807, 2.05) is 0 Å². The van der Waals surface area contributed by atoms with Crippen molar-refractivity contribution in [2.75, 3.05) is 0 Å². The molecule has 106 valence electrons. The van der Waals surface area contributed by atoms with Gasteiger partial charge < -0.3 is 31.4 Å². The second-order valence-corrected chi connectivity index (χ2v) is 3.09. The Bertz CT molecular complexity index is 290. The fourth-order valence-corrected chi connectivity index (χ4v) is 1.18. The van der Waals surface area contributed by atoms with Gasteiger partial charge in [0.15, 0.2) is 0 Å². The Labute approximate surface area is 100 Å². The molecule has 0 aromatic rings. The monoisotopic (exact) mass is 270 g/mol. The van der Waals surface area contributed by atoms with Crippen molar-refractivity contribution in [3.05, 3.63) is 0 Å². The van der Waals surface area contributed by atoms with Crippen LogP contribution in [0.25, 0.3) is 0 Å². The highest BCUT2D eigenvalue weighted by Gasteiger charge is 2.36. The van der Waals surface area contributed by atoms with Gasteiger partial charge in [-0.05, 0) is 0 Å². The summed E-state index contributed by atoms with van der Waals surface area (Å²) in [5.74, 6) is -9.79. The molecule has 0 unspecified atom stereocenters. The molecule has 0 heterocycles. The SMILES string of the molecule is O.O.O=C(O)C[C@H](C(=O)O)[C@@H](CC(=O)O)C(=O)O. The first-order valence-electron chi connectivity index (χ1n) is 4.15. The fraction of sp³-hybridized carbons (Fsp3) is 0.500. The van der Waals surface area contributed by atoms with Crippen LogP contribution in [0, 0.1) is 11.8 Å². The summed E-state index contributed by atoms with van der Waals surface area (Å²) in [4.78, 5) is 41.9. The third-order valence-corrected chi connectivity index (χ3v) is 1.91. The average Bonchev–Trinajstić information content (AvgIpc) is 2.09. The highest BCUT2D eigenvalue weighted by Crippen LogP contribution is 2.20. The summed E-state index contributed by atoms with van der Waals surface area (Å²) < 4.78 is 0. The van der Waals surface area contributed by atoms with Gasteiger partial charge in [-0.2, -0.15) is 0 Å². The summed E-state index contributed by atoms with van der Waals surface area (Å²) in [5.41, 5.74) is 0. The van der Waals surface area contributed by atoms with Crippen LogP contribution in [0.4, 0.5) is 0 Å². The molecule has 0 fully saturated rings. The molecule has 2 atom stereocenters. The fourth-order valence-electron chi connectivity index (χ4n) is 1.18. The molecule has 10 heteroatoms. The van der Waals surface area contributed by atoms with Gasteiger partial charge in [0.2, 0.25) is 0 Å². The van der Waals surface area contributed by atoms with E-state index in [1.165, 1.54) is 0 Å². The van der Waals surface area contributed by atoms with E-state index in [-0.39, 0.29) is 11.0 Å². The van der Waals surface area contributed by atoms with E-state index in [0.29, 0.717) is 0 Å². The number of carboxylic acid groups (broad SMARTS) is 4. The first-order chi connectivity index (χ1) is 7.25. The maximum absolute atomic E-state index is 10.6. The highest BCUT2D eigenvalue weighted by atomic mass is 16.4. The number of rotatable bonds is 7. The van der Waals surface area contributed by atoms with Crippen molar-refractivity contribution in [2.45, 2.75) is 12.8 Å². The molecule has 0 aliphatic heterocycles. The summed E-state index contributed by atoms with van der Waals surface area (Å²) in [6, 6.07) is 0. The molecular formula is C8H14O10. The van der Waals surface area contributed by atoms with Crippen molar-refractivity contribution in [3.8, 4) is 0 Å². The van der Waals surface area contributed by atoms with Gasteiger partial charge in [-0.15, -0.1) is 0 Å². The molecule has 0 amide bonds. The Hall–Kier alpha value is -2.20. The zero-order valence-corrected chi connectivity index (χ0v) is 8.99. The molecule has 0 aliphatic rings. The lowest BCUT2D eigenvalue weighted by Gasteiger charge is -2.16. The summed E-state index contributed by atoms with van der Waals surface area (Å²) >= 11 is 0. The molecule has 0 saturated carbocycles. The summed E-state index contributed by atoms with van der Waals surface area (Å²) in [6.07, 6.45) is -1.86. The zero-order valence-electron chi connectivity index (χ0n) is 8.99. The molecule has 0 rings (SSSR count). The average molecular weight is 270 g/mol. The molecule has 0 aromatic heterocycles. The maximum atomic E-state index is 10.6. The normalized spacial score (nSPS) is 12.2. The smallest absolute Gasteiger partial charge is 0.307 e. The Kier molecular flexibility index (Phi) is 10.4. The first kappa shape index (κ1) is 21.1. The molecular weight excluding hydrogens is 256 g/mol. The van der Waals surface area contributed by atoms with Crippen LogP contribution in [0.1, 0.15) is 12.8 Å². The largest absolute Gasteiger partial charge is 0.481 e. The lowest BCUT2D eigenvalue weighted by molar-refractivity contribution is -0.160. The summed E-state index contributed by atoms with van der Waals surface area (Å²) in [5, 5.41) is 34.1. The van der Waals surface area contributed by atoms with Crippen molar-refractivity contribution >= 4 is 23.9 Å². The Morgan fingerprint density at radius 2 is 0.889 bits per heavy atom. The van der Waals surface area contributed by atoms with E-state index in [1.54, 1.807) is 0 Å². The van der Waals surface area contributed by atoms with Crippen LogP contribution in [0.2, 0.25) is 0 Å². The predicted molar refractivity (Wildman–Crippen MR) is 54.0 cm³/mol. The number of carbonyl (C=O) groups is 4. The van der Waals surface area contributed by atoms with Crippen molar-refractivity contribution in [2.24, 2.45) is 11.8 Å². The second-order valence-electron chi connectivity index (χ2n) is 3.09. The number of aliphatic carboxylic acids is 4. The molecule has 0 aromatic carbocycles. The Balaban J connectivity index is -0.00000112. The third-order valence-electron chi connectivity index (χ3n) is 1.91. The quantitative estimate of drug-likeness (QED) is 0.393. The van der Waals surface area contributed by atoms with Crippen LogP contribution in [-0.2, 0) is 19.2 Å². The van der Waals surface area contributed by atoms with Crippen LogP contribution in [0.5, 0.6) is 0 Å². The maximum Gasteiger partial charge on any atom is 0.307 e. The lowest BCUT2D eigenvalue weighted by atomic mass is 9.87. The molecule has 0 bridgehead atoms. The zero-order chi connectivity index (χ0) is 12.9. The van der Waals surface area contributed by atoms with Crippen LogP contribution in [0.15, 0.2) is 0 Å². The molecule has 8 N–H and O–H groups in total. The van der Waals surface area contributed by atoms with Crippen LogP contribution >= 0.6 is 0 Å². The van der Waals surface area contributed by atoms with E-state index in [2.05, 4.69) is 0 Å². The van der Waals surface area contributed by atoms with E-state index < -0.39 is 48.6 Å². The van der Waals surface area contributed by atoms with Crippen molar-refractivity contribution in [1.29, 1.82) is 0 Å². The van der Waals surface area contributed by atoms with Crippen LogP contribution in [0.3, 0.4) is 0 Å². The summed E-state index contributed by atoms with van der Waals surface area (Å²) in [6.45, 7) is 0. The second kappa shape index (κ2) is 8.90. The van der Waals surface area contributed by atoms with Gasteiger partial charge in [-0.25, -0.2) is 0 Å². The Morgan fingerprint density at radius 3 is 1.00 bits per heavy atom. The van der Waals surface area contributed by atoms with E-state index >= 15 is 0 Å². The van der Waals surface area contributed by atoms with Gasteiger partial charge in [0.05, 0.1) is 24.7 Å². The minimum absolute atomic E-state index is 0. The third kappa shape index (κ3) is 7.14. The van der Waals surface area contributed by atoms with E-state index in [9.17, 15) is 19.2 Å². The lowest BCUT2D eigenvalue weighted by Crippen LogP contribution is -2.33. The summed E-state index contributed by atoms with van der Waals surface area (Å²) in [7, 11) is 0. The number of hydrogen-bond acceptors (Lipinski definition) is 4. The molecule has 0 aliphatic carbocycles. The molecule has 0 spiro atoms. The van der Waals surface area contributed by atoms with Gasteiger partial charge in [-0.1, -0.05) is 0 Å².